The number of hydrogen-bond donors (Lipinski definition) is 0. The standard InChI is InChI=1S/C39H44Si/c1-28(2)33-15-10-18-36(25-33)40(37-19-11-16-34(26-37)29(3)4,38-20-12-17-35(27-38)30(5)6)39-22-21-32(24-39)23-31-13-8-7-9-14-31/h7-21,24-30H,22-23H2,1-6H3. The maximum atomic E-state index is 2.57. The first kappa shape index (κ1) is 28.1. The molecule has 0 nitrogen and oxygen atoms in total. The van der Waals surface area contributed by atoms with Crippen LogP contribution in [0.2, 0.25) is 0 Å². The molecule has 1 heteroatoms. The fourth-order valence-corrected chi connectivity index (χ4v) is 11.4. The van der Waals surface area contributed by atoms with Crippen LogP contribution in [0.5, 0.6) is 0 Å². The molecule has 0 unspecified atom stereocenters. The number of hydrogen-bond acceptors (Lipinski definition) is 0. The Kier molecular flexibility index (Phi) is 8.42. The Balaban J connectivity index is 1.80. The van der Waals surface area contributed by atoms with Gasteiger partial charge in [-0.15, -0.1) is 0 Å². The van der Waals surface area contributed by atoms with Gasteiger partial charge in [-0.3, -0.25) is 0 Å². The second-order valence-electron chi connectivity index (χ2n) is 12.4. The zero-order chi connectivity index (χ0) is 28.3. The van der Waals surface area contributed by atoms with Crippen molar-refractivity contribution >= 4 is 23.6 Å². The molecule has 0 amide bonds. The van der Waals surface area contributed by atoms with Gasteiger partial charge in [0.15, 0.2) is 8.07 Å². The highest BCUT2D eigenvalue weighted by atomic mass is 28.3. The molecule has 0 saturated heterocycles. The molecule has 0 heterocycles. The van der Waals surface area contributed by atoms with Crippen LogP contribution < -0.4 is 15.6 Å². The van der Waals surface area contributed by atoms with Crippen molar-refractivity contribution in [3.05, 3.63) is 148 Å². The Morgan fingerprint density at radius 1 is 0.550 bits per heavy atom. The topological polar surface area (TPSA) is 0 Å². The van der Waals surface area contributed by atoms with Gasteiger partial charge in [0.2, 0.25) is 0 Å². The van der Waals surface area contributed by atoms with E-state index in [-0.39, 0.29) is 0 Å². The van der Waals surface area contributed by atoms with E-state index in [0.717, 1.165) is 12.8 Å². The molecule has 40 heavy (non-hydrogen) atoms. The molecule has 1 aliphatic rings. The Morgan fingerprint density at radius 3 is 1.43 bits per heavy atom. The molecule has 0 aliphatic heterocycles. The van der Waals surface area contributed by atoms with E-state index in [4.69, 9.17) is 0 Å². The SMILES string of the molecule is CC(C)c1cccc([Si](C2=CC(Cc3ccccc3)=CC2)(c2cccc(C(C)C)c2)c2cccc(C(C)C)c2)c1. The molecule has 0 atom stereocenters. The monoisotopic (exact) mass is 540 g/mol. The van der Waals surface area contributed by atoms with Crippen LogP contribution in [-0.4, -0.2) is 8.07 Å². The van der Waals surface area contributed by atoms with E-state index in [0.29, 0.717) is 17.8 Å². The van der Waals surface area contributed by atoms with Crippen molar-refractivity contribution in [2.75, 3.05) is 0 Å². The Labute approximate surface area is 243 Å². The van der Waals surface area contributed by atoms with Crippen LogP contribution in [0, 0.1) is 0 Å². The third-order valence-electron chi connectivity index (χ3n) is 8.64. The van der Waals surface area contributed by atoms with Crippen LogP contribution in [-0.2, 0) is 6.42 Å². The molecular formula is C39H44Si. The van der Waals surface area contributed by atoms with Gasteiger partial charge in [0.05, 0.1) is 0 Å². The molecule has 4 aromatic rings. The Hall–Kier alpha value is -3.42. The first-order valence-corrected chi connectivity index (χ1v) is 17.0. The summed E-state index contributed by atoms with van der Waals surface area (Å²) in [6, 6.07) is 39.7. The molecule has 0 spiro atoms. The molecule has 0 bridgehead atoms. The van der Waals surface area contributed by atoms with Crippen molar-refractivity contribution in [1.29, 1.82) is 0 Å². The molecule has 0 saturated carbocycles. The highest BCUT2D eigenvalue weighted by molar-refractivity contribution is 7.16. The fraction of sp³-hybridized carbons (Fsp3) is 0.282. The molecule has 1 aliphatic carbocycles. The van der Waals surface area contributed by atoms with Crippen molar-refractivity contribution in [2.24, 2.45) is 0 Å². The highest BCUT2D eigenvalue weighted by Crippen LogP contribution is 2.31. The van der Waals surface area contributed by atoms with E-state index in [2.05, 4.69) is 157 Å². The summed E-state index contributed by atoms with van der Waals surface area (Å²) in [5.74, 6) is 1.46. The smallest absolute Gasteiger partial charge is 0.0773 e. The summed E-state index contributed by atoms with van der Waals surface area (Å²) in [5, 5.41) is 6.10. The predicted molar refractivity (Wildman–Crippen MR) is 177 cm³/mol. The minimum atomic E-state index is -2.57. The van der Waals surface area contributed by atoms with E-state index in [9.17, 15) is 0 Å². The Bertz CT molecular complexity index is 1390. The van der Waals surface area contributed by atoms with Gasteiger partial charge in [0, 0.05) is 0 Å². The van der Waals surface area contributed by atoms with Crippen LogP contribution >= 0.6 is 0 Å². The fourth-order valence-electron chi connectivity index (χ4n) is 6.25. The number of benzene rings is 4. The quantitative estimate of drug-likeness (QED) is 0.147. The maximum Gasteiger partial charge on any atom is 0.175 e. The summed E-state index contributed by atoms with van der Waals surface area (Å²) in [5.41, 5.74) is 7.09. The zero-order valence-electron chi connectivity index (χ0n) is 25.1. The van der Waals surface area contributed by atoms with Crippen LogP contribution in [0.25, 0.3) is 0 Å². The average Bonchev–Trinajstić information content (AvgIpc) is 3.43. The van der Waals surface area contributed by atoms with Gasteiger partial charge >= 0.3 is 0 Å². The normalized spacial score (nSPS) is 13.7. The first-order chi connectivity index (χ1) is 19.3. The second kappa shape index (κ2) is 12.0. The van der Waals surface area contributed by atoms with Crippen LogP contribution in [0.4, 0.5) is 0 Å². The lowest BCUT2D eigenvalue weighted by Crippen LogP contribution is -2.68. The molecular weight excluding hydrogens is 497 g/mol. The first-order valence-electron chi connectivity index (χ1n) is 15.0. The van der Waals surface area contributed by atoms with Gasteiger partial charge in [0.25, 0.3) is 0 Å². The summed E-state index contributed by atoms with van der Waals surface area (Å²) >= 11 is 0. The van der Waals surface area contributed by atoms with E-state index in [1.807, 2.05) is 0 Å². The van der Waals surface area contributed by atoms with E-state index in [1.165, 1.54) is 43.4 Å². The predicted octanol–water partition coefficient (Wildman–Crippen LogP) is 8.57. The van der Waals surface area contributed by atoms with Crippen molar-refractivity contribution in [3.8, 4) is 0 Å². The lowest BCUT2D eigenvalue weighted by Gasteiger charge is -2.37. The minimum Gasteiger partial charge on any atom is -0.0773 e. The maximum absolute atomic E-state index is 2.57. The van der Waals surface area contributed by atoms with Gasteiger partial charge < -0.3 is 0 Å². The van der Waals surface area contributed by atoms with Crippen LogP contribution in [0.3, 0.4) is 0 Å². The van der Waals surface area contributed by atoms with Crippen molar-refractivity contribution in [2.45, 2.75) is 72.1 Å². The molecule has 0 aromatic heterocycles. The van der Waals surface area contributed by atoms with E-state index in [1.54, 1.807) is 5.20 Å². The van der Waals surface area contributed by atoms with E-state index < -0.39 is 8.07 Å². The number of allylic oxidation sites excluding steroid dienone is 4. The van der Waals surface area contributed by atoms with Gasteiger partial charge in [-0.2, -0.15) is 0 Å². The highest BCUT2D eigenvalue weighted by Gasteiger charge is 2.44. The molecule has 0 fully saturated rings. The van der Waals surface area contributed by atoms with Gasteiger partial charge in [0.1, 0.15) is 0 Å². The molecule has 0 N–H and O–H groups in total. The summed E-state index contributed by atoms with van der Waals surface area (Å²) in [6.07, 6.45) is 7.07. The lowest BCUT2D eigenvalue weighted by molar-refractivity contribution is 0.867. The third-order valence-corrected chi connectivity index (χ3v) is 13.5. The molecule has 0 radical (unpaired) electrons. The van der Waals surface area contributed by atoms with Crippen molar-refractivity contribution in [1.82, 2.24) is 0 Å². The Morgan fingerprint density at radius 2 is 1.00 bits per heavy atom. The average molecular weight is 541 g/mol. The second-order valence-corrected chi connectivity index (χ2v) is 16.3. The lowest BCUT2D eigenvalue weighted by atomic mass is 10.0. The van der Waals surface area contributed by atoms with Gasteiger partial charge in [-0.05, 0) is 74.0 Å². The van der Waals surface area contributed by atoms with Crippen LogP contribution in [0.15, 0.2) is 126 Å². The van der Waals surface area contributed by atoms with Crippen molar-refractivity contribution in [3.63, 3.8) is 0 Å². The molecule has 5 rings (SSSR count). The van der Waals surface area contributed by atoms with Crippen LogP contribution in [0.1, 0.15) is 88.0 Å². The third kappa shape index (κ3) is 5.58. The summed E-state index contributed by atoms with van der Waals surface area (Å²) in [4.78, 5) is 0. The minimum absolute atomic E-state index is 0.486. The number of rotatable bonds is 9. The summed E-state index contributed by atoms with van der Waals surface area (Å²) in [6.45, 7) is 13.9. The van der Waals surface area contributed by atoms with E-state index >= 15 is 0 Å². The molecule has 4 aromatic carbocycles. The summed E-state index contributed by atoms with van der Waals surface area (Å²) < 4.78 is 0. The van der Waals surface area contributed by atoms with Gasteiger partial charge in [-0.1, -0.05) is 162 Å². The summed E-state index contributed by atoms with van der Waals surface area (Å²) in [7, 11) is -2.57. The zero-order valence-corrected chi connectivity index (χ0v) is 26.1. The van der Waals surface area contributed by atoms with Crippen molar-refractivity contribution < 1.29 is 0 Å². The largest absolute Gasteiger partial charge is 0.175 e. The van der Waals surface area contributed by atoms with Gasteiger partial charge in [-0.25, -0.2) is 0 Å². The molecule has 204 valence electrons.